The van der Waals surface area contributed by atoms with Crippen molar-refractivity contribution in [3.8, 4) is 5.75 Å². The Labute approximate surface area is 96.8 Å². The Bertz CT molecular complexity index is 346. The smallest absolute Gasteiger partial charge is 0.153 e. The van der Waals surface area contributed by atoms with Crippen molar-refractivity contribution in [2.45, 2.75) is 27.2 Å². The molecular weight excluding hydrogens is 202 g/mol. The lowest BCUT2D eigenvalue weighted by atomic mass is 10.2. The van der Waals surface area contributed by atoms with Gasteiger partial charge in [0.2, 0.25) is 0 Å². The van der Waals surface area contributed by atoms with Gasteiger partial charge in [-0.1, -0.05) is 32.9 Å². The molecule has 3 nitrogen and oxygen atoms in total. The Morgan fingerprint density at radius 3 is 2.56 bits per heavy atom. The van der Waals surface area contributed by atoms with Crippen LogP contribution in [0, 0.1) is 0 Å². The van der Waals surface area contributed by atoms with E-state index in [2.05, 4.69) is 4.99 Å². The number of hydrogen-bond donors (Lipinski definition) is 1. The minimum absolute atomic E-state index is 0.0941. The van der Waals surface area contributed by atoms with E-state index in [0.717, 1.165) is 0 Å². The van der Waals surface area contributed by atoms with Crippen LogP contribution < -0.4 is 0 Å². The van der Waals surface area contributed by atoms with E-state index in [1.165, 1.54) is 6.21 Å². The molecule has 0 fully saturated rings. The van der Waals surface area contributed by atoms with Crippen molar-refractivity contribution in [3.05, 3.63) is 29.8 Å². The lowest BCUT2D eigenvalue weighted by Crippen LogP contribution is -1.99. The lowest BCUT2D eigenvalue weighted by Gasteiger charge is -1.96. The van der Waals surface area contributed by atoms with Crippen molar-refractivity contribution in [1.82, 2.24) is 0 Å². The van der Waals surface area contributed by atoms with Gasteiger partial charge in [0.15, 0.2) is 5.78 Å². The fraction of sp³-hybridized carbons (Fsp3) is 0.385. The zero-order chi connectivity index (χ0) is 12.4. The number of ketones is 1. The number of hydrogen-bond acceptors (Lipinski definition) is 3. The van der Waals surface area contributed by atoms with Gasteiger partial charge in [-0.05, 0) is 12.1 Å². The van der Waals surface area contributed by atoms with Crippen LogP contribution in [-0.2, 0) is 4.79 Å². The van der Waals surface area contributed by atoms with Crippen molar-refractivity contribution >= 4 is 12.0 Å². The number of aliphatic imine (C=N–C) groups is 1. The van der Waals surface area contributed by atoms with Gasteiger partial charge in [-0.3, -0.25) is 9.79 Å². The number of phenols is 1. The first kappa shape index (κ1) is 14.4. The van der Waals surface area contributed by atoms with Crippen LogP contribution in [0.25, 0.3) is 0 Å². The highest BCUT2D eigenvalue weighted by Crippen LogP contribution is 2.12. The summed E-state index contributed by atoms with van der Waals surface area (Å²) in [6, 6.07) is 6.88. The summed E-state index contributed by atoms with van der Waals surface area (Å²) in [7, 11) is 0. The van der Waals surface area contributed by atoms with E-state index in [1.807, 2.05) is 19.9 Å². The summed E-state index contributed by atoms with van der Waals surface area (Å²) < 4.78 is 0. The van der Waals surface area contributed by atoms with E-state index < -0.39 is 0 Å². The summed E-state index contributed by atoms with van der Waals surface area (Å²) in [4.78, 5) is 14.8. The normalized spacial score (nSPS) is 9.69. The van der Waals surface area contributed by atoms with E-state index in [9.17, 15) is 9.90 Å². The molecule has 3 heteroatoms. The zero-order valence-corrected chi connectivity index (χ0v) is 10.1. The van der Waals surface area contributed by atoms with E-state index >= 15 is 0 Å². The first-order chi connectivity index (χ1) is 7.74. The van der Waals surface area contributed by atoms with Crippen LogP contribution in [0.4, 0.5) is 0 Å². The Hall–Kier alpha value is -1.64. The third-order valence-electron chi connectivity index (χ3n) is 1.83. The van der Waals surface area contributed by atoms with Crippen LogP contribution in [0.5, 0.6) is 5.75 Å². The minimum atomic E-state index is 0.0941. The molecule has 1 aromatic carbocycles. The molecule has 0 saturated heterocycles. The molecule has 0 radical (unpaired) electrons. The maximum Gasteiger partial charge on any atom is 0.153 e. The standard InChI is InChI=1S/C11H13NO2.C2H6/c1-2-10(13)8-12-7-9-5-3-4-6-11(9)14;1-2/h3-7,14H,2,8H2,1H3;1-2H3. The van der Waals surface area contributed by atoms with E-state index in [-0.39, 0.29) is 18.1 Å². The summed E-state index contributed by atoms with van der Waals surface area (Å²) in [5.74, 6) is 0.275. The molecule has 0 heterocycles. The zero-order valence-electron chi connectivity index (χ0n) is 10.1. The Balaban J connectivity index is 0.00000106. The molecule has 0 bridgehead atoms. The van der Waals surface area contributed by atoms with E-state index in [4.69, 9.17) is 0 Å². The van der Waals surface area contributed by atoms with E-state index in [1.54, 1.807) is 25.1 Å². The maximum absolute atomic E-state index is 10.9. The second-order valence-electron chi connectivity index (χ2n) is 2.92. The number of Topliss-reactive ketones (excluding diaryl/α,β-unsaturated/α-hetero) is 1. The average molecular weight is 221 g/mol. The third-order valence-corrected chi connectivity index (χ3v) is 1.83. The average Bonchev–Trinajstić information content (AvgIpc) is 2.34. The first-order valence-corrected chi connectivity index (χ1v) is 5.53. The first-order valence-electron chi connectivity index (χ1n) is 5.53. The Morgan fingerprint density at radius 2 is 2.00 bits per heavy atom. The SMILES string of the molecule is CC.CCC(=O)CN=Cc1ccccc1O. The van der Waals surface area contributed by atoms with Crippen molar-refractivity contribution in [2.75, 3.05) is 6.54 Å². The second kappa shape index (κ2) is 8.65. The number of carbonyl (C=O) groups excluding carboxylic acids is 1. The number of benzene rings is 1. The highest BCUT2D eigenvalue weighted by Gasteiger charge is 1.96. The van der Waals surface area contributed by atoms with Gasteiger partial charge in [-0.15, -0.1) is 0 Å². The predicted molar refractivity (Wildman–Crippen MR) is 67.2 cm³/mol. The fourth-order valence-electron chi connectivity index (χ4n) is 0.954. The quantitative estimate of drug-likeness (QED) is 0.795. The number of carbonyl (C=O) groups is 1. The minimum Gasteiger partial charge on any atom is -0.507 e. The molecule has 1 N–H and O–H groups in total. The molecule has 0 atom stereocenters. The highest BCUT2D eigenvalue weighted by molar-refractivity contribution is 5.86. The maximum atomic E-state index is 10.9. The van der Waals surface area contributed by atoms with Crippen molar-refractivity contribution in [3.63, 3.8) is 0 Å². The summed E-state index contributed by atoms with van der Waals surface area (Å²) in [5, 5.41) is 9.36. The largest absolute Gasteiger partial charge is 0.507 e. The van der Waals surface area contributed by atoms with E-state index in [0.29, 0.717) is 12.0 Å². The second-order valence-corrected chi connectivity index (χ2v) is 2.92. The summed E-state index contributed by atoms with van der Waals surface area (Å²) in [6.45, 7) is 5.99. The summed E-state index contributed by atoms with van der Waals surface area (Å²) in [6.07, 6.45) is 2.01. The molecule has 16 heavy (non-hydrogen) atoms. The predicted octanol–water partition coefficient (Wildman–Crippen LogP) is 2.82. The van der Waals surface area contributed by atoms with Gasteiger partial charge >= 0.3 is 0 Å². The van der Waals surface area contributed by atoms with Crippen molar-refractivity contribution < 1.29 is 9.90 Å². The molecule has 88 valence electrons. The van der Waals surface area contributed by atoms with Gasteiger partial charge in [0, 0.05) is 18.2 Å². The van der Waals surface area contributed by atoms with Crippen LogP contribution in [0.2, 0.25) is 0 Å². The molecule has 1 aromatic rings. The summed E-state index contributed by atoms with van der Waals surface area (Å²) in [5.41, 5.74) is 0.636. The van der Waals surface area contributed by atoms with Gasteiger partial charge < -0.3 is 5.11 Å². The molecule has 0 aliphatic rings. The number of rotatable bonds is 4. The third kappa shape index (κ3) is 5.29. The van der Waals surface area contributed by atoms with Crippen molar-refractivity contribution in [1.29, 1.82) is 0 Å². The molecule has 0 aromatic heterocycles. The Kier molecular flexibility index (Phi) is 7.76. The molecule has 0 aliphatic carbocycles. The summed E-state index contributed by atoms with van der Waals surface area (Å²) >= 11 is 0. The number of aromatic hydroxyl groups is 1. The monoisotopic (exact) mass is 221 g/mol. The van der Waals surface area contributed by atoms with Crippen LogP contribution in [0.1, 0.15) is 32.8 Å². The van der Waals surface area contributed by atoms with Crippen LogP contribution >= 0.6 is 0 Å². The molecule has 0 spiro atoms. The highest BCUT2D eigenvalue weighted by atomic mass is 16.3. The molecule has 0 amide bonds. The number of nitrogens with zero attached hydrogens (tertiary/aromatic N) is 1. The molecular formula is C13H19NO2. The van der Waals surface area contributed by atoms with Crippen LogP contribution in [0.3, 0.4) is 0 Å². The van der Waals surface area contributed by atoms with Gasteiger partial charge in [0.1, 0.15) is 5.75 Å². The van der Waals surface area contributed by atoms with Gasteiger partial charge in [0.25, 0.3) is 0 Å². The van der Waals surface area contributed by atoms with Gasteiger partial charge in [0.05, 0.1) is 6.54 Å². The molecule has 1 rings (SSSR count). The molecule has 0 unspecified atom stereocenters. The fourth-order valence-corrected chi connectivity index (χ4v) is 0.954. The Morgan fingerprint density at radius 1 is 1.38 bits per heavy atom. The number of para-hydroxylation sites is 1. The lowest BCUT2D eigenvalue weighted by molar-refractivity contribution is -0.117. The number of phenolic OH excluding ortho intramolecular Hbond substituents is 1. The van der Waals surface area contributed by atoms with Crippen LogP contribution in [-0.4, -0.2) is 23.6 Å². The van der Waals surface area contributed by atoms with Crippen molar-refractivity contribution in [2.24, 2.45) is 4.99 Å². The van der Waals surface area contributed by atoms with Gasteiger partial charge in [-0.25, -0.2) is 0 Å². The topological polar surface area (TPSA) is 49.7 Å². The van der Waals surface area contributed by atoms with Crippen LogP contribution in [0.15, 0.2) is 29.3 Å². The van der Waals surface area contributed by atoms with Gasteiger partial charge in [-0.2, -0.15) is 0 Å². The molecule has 0 aliphatic heterocycles. The molecule has 0 saturated carbocycles.